The predicted octanol–water partition coefficient (Wildman–Crippen LogP) is 4.00. The first kappa shape index (κ1) is 14.6. The van der Waals surface area contributed by atoms with Gasteiger partial charge in [0.25, 0.3) is 0 Å². The van der Waals surface area contributed by atoms with Crippen LogP contribution in [0.2, 0.25) is 0 Å². The monoisotopic (exact) mass is 295 g/mol. The smallest absolute Gasteiger partial charge is 0.235 e. The molecule has 114 valence electrons. The lowest BCUT2D eigenvalue weighted by atomic mass is 9.92. The summed E-state index contributed by atoms with van der Waals surface area (Å²) >= 11 is 0. The van der Waals surface area contributed by atoms with Gasteiger partial charge in [-0.05, 0) is 37.3 Å². The van der Waals surface area contributed by atoms with Crippen molar-refractivity contribution in [2.75, 3.05) is 18.0 Å². The summed E-state index contributed by atoms with van der Waals surface area (Å²) < 4.78 is 5.96. The van der Waals surface area contributed by atoms with Crippen molar-refractivity contribution in [3.63, 3.8) is 0 Å². The van der Waals surface area contributed by atoms with E-state index >= 15 is 0 Å². The van der Waals surface area contributed by atoms with E-state index in [2.05, 4.69) is 29.8 Å². The number of nitrogens with zero attached hydrogens (tertiary/aromatic N) is 3. The normalized spacial score (nSPS) is 21.6. The SMILES string of the molecule is Cc1ccc(-c2nc(C#N)c(N3C[C@H](C)C[C@@H](C)C3)o2)cc1. The quantitative estimate of drug-likeness (QED) is 0.840. The lowest BCUT2D eigenvalue weighted by Crippen LogP contribution is -2.38. The first-order valence-corrected chi connectivity index (χ1v) is 7.79. The Morgan fingerprint density at radius 2 is 1.82 bits per heavy atom. The zero-order valence-corrected chi connectivity index (χ0v) is 13.3. The maximum atomic E-state index is 9.39. The van der Waals surface area contributed by atoms with Crippen LogP contribution in [0.25, 0.3) is 11.5 Å². The first-order chi connectivity index (χ1) is 10.6. The number of rotatable bonds is 2. The topological polar surface area (TPSA) is 53.1 Å². The fraction of sp³-hybridized carbons (Fsp3) is 0.444. The number of aryl methyl sites for hydroxylation is 1. The van der Waals surface area contributed by atoms with Crippen molar-refractivity contribution in [1.29, 1.82) is 5.26 Å². The molecule has 1 aromatic carbocycles. The zero-order valence-electron chi connectivity index (χ0n) is 13.3. The summed E-state index contributed by atoms with van der Waals surface area (Å²) in [5, 5.41) is 9.39. The molecule has 0 N–H and O–H groups in total. The van der Waals surface area contributed by atoms with E-state index in [9.17, 15) is 5.26 Å². The number of oxazole rings is 1. The Morgan fingerprint density at radius 1 is 1.18 bits per heavy atom. The second kappa shape index (κ2) is 5.84. The Balaban J connectivity index is 1.95. The summed E-state index contributed by atoms with van der Waals surface area (Å²) in [6.45, 7) is 8.36. The van der Waals surface area contributed by atoms with Crippen molar-refractivity contribution in [3.8, 4) is 17.5 Å². The molecule has 3 rings (SSSR count). The Hall–Kier alpha value is -2.28. The molecule has 0 spiro atoms. The lowest BCUT2D eigenvalue weighted by Gasteiger charge is -2.34. The van der Waals surface area contributed by atoms with Gasteiger partial charge in [-0.3, -0.25) is 0 Å². The minimum atomic E-state index is 0.386. The first-order valence-electron chi connectivity index (χ1n) is 7.79. The van der Waals surface area contributed by atoms with Crippen LogP contribution in [-0.2, 0) is 0 Å². The van der Waals surface area contributed by atoms with E-state index in [-0.39, 0.29) is 0 Å². The highest BCUT2D eigenvalue weighted by atomic mass is 16.4. The van der Waals surface area contributed by atoms with Gasteiger partial charge >= 0.3 is 0 Å². The second-order valence-corrected chi connectivity index (χ2v) is 6.50. The van der Waals surface area contributed by atoms with Gasteiger partial charge in [-0.1, -0.05) is 31.5 Å². The molecule has 0 amide bonds. The molecule has 1 fully saturated rings. The van der Waals surface area contributed by atoms with E-state index in [0.29, 0.717) is 29.3 Å². The minimum absolute atomic E-state index is 0.386. The molecule has 22 heavy (non-hydrogen) atoms. The highest BCUT2D eigenvalue weighted by molar-refractivity contribution is 5.60. The van der Waals surface area contributed by atoms with Crippen molar-refractivity contribution in [1.82, 2.24) is 4.98 Å². The van der Waals surface area contributed by atoms with Crippen molar-refractivity contribution in [3.05, 3.63) is 35.5 Å². The number of piperidine rings is 1. The van der Waals surface area contributed by atoms with Crippen LogP contribution < -0.4 is 4.90 Å². The van der Waals surface area contributed by atoms with Gasteiger partial charge in [-0.25, -0.2) is 0 Å². The molecule has 2 aromatic rings. The summed E-state index contributed by atoms with van der Waals surface area (Å²) in [5.74, 6) is 2.35. The highest BCUT2D eigenvalue weighted by Crippen LogP contribution is 2.32. The highest BCUT2D eigenvalue weighted by Gasteiger charge is 2.27. The number of hydrogen-bond donors (Lipinski definition) is 0. The average molecular weight is 295 g/mol. The molecule has 0 radical (unpaired) electrons. The third-order valence-corrected chi connectivity index (χ3v) is 4.17. The fourth-order valence-corrected chi connectivity index (χ4v) is 3.25. The molecule has 0 saturated carbocycles. The Morgan fingerprint density at radius 3 is 2.41 bits per heavy atom. The van der Waals surface area contributed by atoms with E-state index < -0.39 is 0 Å². The molecule has 1 aromatic heterocycles. The van der Waals surface area contributed by atoms with Gasteiger partial charge in [0.2, 0.25) is 17.5 Å². The summed E-state index contributed by atoms with van der Waals surface area (Å²) in [6.07, 6.45) is 1.22. The van der Waals surface area contributed by atoms with Crippen LogP contribution in [0.3, 0.4) is 0 Å². The van der Waals surface area contributed by atoms with Crippen LogP contribution in [-0.4, -0.2) is 18.1 Å². The number of nitriles is 1. The van der Waals surface area contributed by atoms with Crippen LogP contribution in [0.4, 0.5) is 5.88 Å². The van der Waals surface area contributed by atoms with Gasteiger partial charge in [0, 0.05) is 18.7 Å². The summed E-state index contributed by atoms with van der Waals surface area (Å²) in [7, 11) is 0. The Labute approximate surface area is 131 Å². The average Bonchev–Trinajstić information content (AvgIpc) is 2.91. The van der Waals surface area contributed by atoms with Crippen molar-refractivity contribution >= 4 is 5.88 Å². The van der Waals surface area contributed by atoms with Gasteiger partial charge in [0.15, 0.2) is 0 Å². The van der Waals surface area contributed by atoms with Crippen LogP contribution >= 0.6 is 0 Å². The van der Waals surface area contributed by atoms with E-state index in [1.807, 2.05) is 31.2 Å². The molecule has 0 bridgehead atoms. The lowest BCUT2D eigenvalue weighted by molar-refractivity contribution is 0.344. The van der Waals surface area contributed by atoms with E-state index in [1.165, 1.54) is 12.0 Å². The maximum Gasteiger partial charge on any atom is 0.235 e. The van der Waals surface area contributed by atoms with Gasteiger partial charge in [0.1, 0.15) is 6.07 Å². The van der Waals surface area contributed by atoms with Gasteiger partial charge < -0.3 is 9.32 Å². The predicted molar refractivity (Wildman–Crippen MR) is 86.5 cm³/mol. The molecule has 2 atom stereocenters. The molecule has 1 aliphatic heterocycles. The van der Waals surface area contributed by atoms with Crippen molar-refractivity contribution in [2.24, 2.45) is 11.8 Å². The molecule has 1 aliphatic rings. The Bertz CT molecular complexity index is 686. The third kappa shape index (κ3) is 2.85. The molecule has 0 unspecified atom stereocenters. The summed E-state index contributed by atoms with van der Waals surface area (Å²) in [6, 6.07) is 10.2. The van der Waals surface area contributed by atoms with Crippen LogP contribution in [0.15, 0.2) is 28.7 Å². The molecular formula is C18H21N3O. The zero-order chi connectivity index (χ0) is 15.7. The van der Waals surface area contributed by atoms with Gasteiger partial charge in [-0.15, -0.1) is 0 Å². The molecule has 1 saturated heterocycles. The Kier molecular flexibility index (Phi) is 3.89. The maximum absolute atomic E-state index is 9.39. The number of benzene rings is 1. The molecule has 0 aliphatic carbocycles. The molecule has 4 heteroatoms. The largest absolute Gasteiger partial charge is 0.419 e. The van der Waals surface area contributed by atoms with Crippen LogP contribution in [0, 0.1) is 30.1 Å². The van der Waals surface area contributed by atoms with Gasteiger partial charge in [-0.2, -0.15) is 10.2 Å². The number of anilines is 1. The van der Waals surface area contributed by atoms with E-state index in [4.69, 9.17) is 4.42 Å². The summed E-state index contributed by atoms with van der Waals surface area (Å²) in [4.78, 5) is 6.55. The third-order valence-electron chi connectivity index (χ3n) is 4.17. The fourth-order valence-electron chi connectivity index (χ4n) is 3.25. The molecule has 4 nitrogen and oxygen atoms in total. The van der Waals surface area contributed by atoms with Crippen molar-refractivity contribution in [2.45, 2.75) is 27.2 Å². The molecular weight excluding hydrogens is 274 g/mol. The van der Waals surface area contributed by atoms with Crippen LogP contribution in [0.5, 0.6) is 0 Å². The number of aromatic nitrogens is 1. The minimum Gasteiger partial charge on any atom is -0.419 e. The van der Waals surface area contributed by atoms with Crippen LogP contribution in [0.1, 0.15) is 31.5 Å². The summed E-state index contributed by atoms with van der Waals surface area (Å²) in [5.41, 5.74) is 2.48. The van der Waals surface area contributed by atoms with Crippen molar-refractivity contribution < 1.29 is 4.42 Å². The second-order valence-electron chi connectivity index (χ2n) is 6.50. The van der Waals surface area contributed by atoms with Gasteiger partial charge in [0.05, 0.1) is 0 Å². The van der Waals surface area contributed by atoms with E-state index in [1.54, 1.807) is 0 Å². The number of hydrogen-bond acceptors (Lipinski definition) is 4. The molecule has 2 heterocycles. The standard InChI is InChI=1S/C18H21N3O/c1-12-4-6-15(7-5-12)17-20-16(9-19)18(22-17)21-10-13(2)8-14(3)11-21/h4-7,13-14H,8,10-11H2,1-3H3/t13-,14-/m1/s1. The van der Waals surface area contributed by atoms with E-state index in [0.717, 1.165) is 18.7 Å².